The zero-order valence-corrected chi connectivity index (χ0v) is 18.5. The molecule has 2 unspecified atom stereocenters. The lowest BCUT2D eigenvalue weighted by molar-refractivity contribution is 0.486. The van der Waals surface area contributed by atoms with Gasteiger partial charge in [0.2, 0.25) is 0 Å². The molecule has 4 rings (SSSR count). The van der Waals surface area contributed by atoms with Gasteiger partial charge in [-0.3, -0.25) is 0 Å². The molecule has 3 aromatic rings. The standard InChI is InChI=1S/C22H22ClFN4S2/c23-19-12-16(30-28-22-26-10-11-29-22)8-9-21(19)27-13-18-17(2-1-3-20(18)25)14-4-6-15(24)7-5-14/h2,4-12,18,20,27H,1,3,13,25H2,(H,26,28). The molecule has 0 saturated carbocycles. The quantitative estimate of drug-likeness (QED) is 0.362. The van der Waals surface area contributed by atoms with Crippen molar-refractivity contribution in [1.82, 2.24) is 4.98 Å². The van der Waals surface area contributed by atoms with Gasteiger partial charge in [0.1, 0.15) is 5.82 Å². The molecule has 0 fully saturated rings. The van der Waals surface area contributed by atoms with Gasteiger partial charge < -0.3 is 15.8 Å². The van der Waals surface area contributed by atoms with Crippen LogP contribution in [0.4, 0.5) is 15.2 Å². The molecule has 0 radical (unpaired) electrons. The Morgan fingerprint density at radius 2 is 2.07 bits per heavy atom. The van der Waals surface area contributed by atoms with Crippen molar-refractivity contribution in [3.63, 3.8) is 0 Å². The van der Waals surface area contributed by atoms with E-state index in [1.807, 2.05) is 35.7 Å². The summed E-state index contributed by atoms with van der Waals surface area (Å²) in [7, 11) is 0. The second-order valence-corrected chi connectivity index (χ2v) is 9.26. The summed E-state index contributed by atoms with van der Waals surface area (Å²) in [6.07, 6.45) is 5.85. The van der Waals surface area contributed by atoms with Crippen molar-refractivity contribution >= 4 is 51.3 Å². The lowest BCUT2D eigenvalue weighted by Gasteiger charge is -2.31. The molecule has 4 nitrogen and oxygen atoms in total. The van der Waals surface area contributed by atoms with Crippen molar-refractivity contribution in [2.24, 2.45) is 11.7 Å². The van der Waals surface area contributed by atoms with E-state index in [9.17, 15) is 4.39 Å². The fourth-order valence-corrected chi connectivity index (χ4v) is 5.12. The van der Waals surface area contributed by atoms with Gasteiger partial charge in [-0.1, -0.05) is 29.8 Å². The number of thiazole rings is 1. The van der Waals surface area contributed by atoms with Gasteiger partial charge in [-0.15, -0.1) is 11.3 Å². The maximum Gasteiger partial charge on any atom is 0.192 e. The van der Waals surface area contributed by atoms with Crippen LogP contribution in [-0.4, -0.2) is 17.6 Å². The Morgan fingerprint density at radius 1 is 1.23 bits per heavy atom. The molecule has 156 valence electrons. The number of anilines is 2. The Labute approximate surface area is 188 Å². The molecule has 1 heterocycles. The van der Waals surface area contributed by atoms with Crippen LogP contribution >= 0.6 is 34.9 Å². The van der Waals surface area contributed by atoms with E-state index in [1.165, 1.54) is 24.1 Å². The van der Waals surface area contributed by atoms with Crippen LogP contribution in [0.25, 0.3) is 5.57 Å². The minimum absolute atomic E-state index is 0.0404. The summed E-state index contributed by atoms with van der Waals surface area (Å²) in [5.41, 5.74) is 9.49. The van der Waals surface area contributed by atoms with Crippen molar-refractivity contribution in [2.45, 2.75) is 23.8 Å². The average Bonchev–Trinajstić information content (AvgIpc) is 3.26. The van der Waals surface area contributed by atoms with Crippen LogP contribution < -0.4 is 15.8 Å². The van der Waals surface area contributed by atoms with Crippen molar-refractivity contribution in [3.8, 4) is 0 Å². The maximum atomic E-state index is 13.3. The fourth-order valence-electron chi connectivity index (χ4n) is 3.55. The molecule has 0 spiro atoms. The normalized spacial score (nSPS) is 18.7. The van der Waals surface area contributed by atoms with Crippen molar-refractivity contribution in [2.75, 3.05) is 16.6 Å². The van der Waals surface area contributed by atoms with Crippen LogP contribution in [0.15, 0.2) is 65.0 Å². The lowest BCUT2D eigenvalue weighted by atomic mass is 9.80. The molecule has 0 saturated heterocycles. The van der Waals surface area contributed by atoms with Crippen LogP contribution in [0.2, 0.25) is 5.02 Å². The van der Waals surface area contributed by atoms with E-state index in [1.54, 1.807) is 17.5 Å². The van der Waals surface area contributed by atoms with E-state index in [0.717, 1.165) is 39.7 Å². The zero-order chi connectivity index (χ0) is 20.9. The number of benzene rings is 2. The van der Waals surface area contributed by atoms with Crippen LogP contribution in [0.1, 0.15) is 18.4 Å². The molecular formula is C22H22ClFN4S2. The molecule has 4 N–H and O–H groups in total. The highest BCUT2D eigenvalue weighted by atomic mass is 35.5. The number of aromatic nitrogens is 1. The van der Waals surface area contributed by atoms with E-state index < -0.39 is 0 Å². The van der Waals surface area contributed by atoms with Crippen molar-refractivity contribution in [1.29, 1.82) is 0 Å². The topological polar surface area (TPSA) is 63.0 Å². The summed E-state index contributed by atoms with van der Waals surface area (Å²) >= 11 is 9.53. The van der Waals surface area contributed by atoms with Gasteiger partial charge in [0.05, 0.1) is 10.7 Å². The summed E-state index contributed by atoms with van der Waals surface area (Å²) in [6.45, 7) is 0.661. The molecule has 1 aliphatic carbocycles. The number of nitrogens with zero attached hydrogens (tertiary/aromatic N) is 1. The predicted octanol–water partition coefficient (Wildman–Crippen LogP) is 6.29. The Balaban J connectivity index is 1.42. The first-order valence-corrected chi connectivity index (χ1v) is 11.7. The number of allylic oxidation sites excluding steroid dienone is 1. The first kappa shape index (κ1) is 21.2. The SMILES string of the molecule is NC1CCC=C(c2ccc(F)cc2)C1CNc1ccc(SNc2nccs2)cc1Cl. The number of hydrogen-bond acceptors (Lipinski definition) is 6. The monoisotopic (exact) mass is 460 g/mol. The zero-order valence-electron chi connectivity index (χ0n) is 16.1. The minimum Gasteiger partial charge on any atom is -0.383 e. The lowest BCUT2D eigenvalue weighted by Crippen LogP contribution is -2.37. The molecule has 2 aromatic carbocycles. The largest absolute Gasteiger partial charge is 0.383 e. The second-order valence-electron chi connectivity index (χ2n) is 7.08. The average molecular weight is 461 g/mol. The van der Waals surface area contributed by atoms with Crippen LogP contribution in [0, 0.1) is 11.7 Å². The number of rotatable bonds is 7. The van der Waals surface area contributed by atoms with Gasteiger partial charge >= 0.3 is 0 Å². The van der Waals surface area contributed by atoms with E-state index in [4.69, 9.17) is 17.3 Å². The van der Waals surface area contributed by atoms with Gasteiger partial charge in [-0.25, -0.2) is 9.37 Å². The predicted molar refractivity (Wildman–Crippen MR) is 127 cm³/mol. The molecule has 2 atom stereocenters. The molecule has 0 bridgehead atoms. The first-order valence-electron chi connectivity index (χ1n) is 9.67. The molecular weight excluding hydrogens is 439 g/mol. The van der Waals surface area contributed by atoms with E-state index in [2.05, 4.69) is 21.1 Å². The molecule has 1 aliphatic rings. The smallest absolute Gasteiger partial charge is 0.192 e. The van der Waals surface area contributed by atoms with Crippen LogP contribution in [0.3, 0.4) is 0 Å². The van der Waals surface area contributed by atoms with Crippen molar-refractivity contribution in [3.05, 3.63) is 76.5 Å². The fraction of sp³-hybridized carbons (Fsp3) is 0.227. The highest BCUT2D eigenvalue weighted by Gasteiger charge is 2.26. The van der Waals surface area contributed by atoms with Crippen LogP contribution in [0.5, 0.6) is 0 Å². The van der Waals surface area contributed by atoms with Gasteiger partial charge in [0.25, 0.3) is 0 Å². The van der Waals surface area contributed by atoms with Crippen molar-refractivity contribution < 1.29 is 4.39 Å². The second kappa shape index (κ2) is 9.83. The highest BCUT2D eigenvalue weighted by Crippen LogP contribution is 2.34. The van der Waals surface area contributed by atoms with Gasteiger partial charge in [0.15, 0.2) is 5.13 Å². The molecule has 8 heteroatoms. The summed E-state index contributed by atoms with van der Waals surface area (Å²) in [5, 5.41) is 6.88. The van der Waals surface area contributed by atoms with Gasteiger partial charge in [-0.05, 0) is 66.3 Å². The van der Waals surface area contributed by atoms with E-state index >= 15 is 0 Å². The van der Waals surface area contributed by atoms with Crippen LogP contribution in [-0.2, 0) is 0 Å². The Kier molecular flexibility index (Phi) is 6.94. The molecule has 0 aliphatic heterocycles. The minimum atomic E-state index is -0.233. The van der Waals surface area contributed by atoms with Gasteiger partial charge in [0, 0.05) is 35.0 Å². The third kappa shape index (κ3) is 5.16. The van der Waals surface area contributed by atoms with E-state index in [-0.39, 0.29) is 17.8 Å². The van der Waals surface area contributed by atoms with Gasteiger partial charge in [-0.2, -0.15) is 0 Å². The number of halogens is 2. The highest BCUT2D eigenvalue weighted by molar-refractivity contribution is 8.00. The Morgan fingerprint density at radius 3 is 2.80 bits per heavy atom. The third-order valence-corrected chi connectivity index (χ3v) is 7.02. The Hall–Kier alpha value is -2.06. The number of nitrogens with two attached hydrogens (primary N) is 1. The number of hydrogen-bond donors (Lipinski definition) is 3. The summed E-state index contributed by atoms with van der Waals surface area (Å²) in [5.74, 6) is -0.107. The third-order valence-electron chi connectivity index (χ3n) is 5.10. The maximum absolute atomic E-state index is 13.3. The Bertz CT molecular complexity index is 1010. The first-order chi connectivity index (χ1) is 14.6. The molecule has 30 heavy (non-hydrogen) atoms. The summed E-state index contributed by atoms with van der Waals surface area (Å²) < 4.78 is 16.5. The summed E-state index contributed by atoms with van der Waals surface area (Å²) in [6, 6.07) is 12.6. The number of nitrogens with one attached hydrogen (secondary N) is 2. The summed E-state index contributed by atoms with van der Waals surface area (Å²) in [4.78, 5) is 5.20. The van der Waals surface area contributed by atoms with E-state index in [0.29, 0.717) is 11.6 Å². The molecule has 1 aromatic heterocycles. The molecule has 0 amide bonds.